The molecule has 2 heterocycles. The van der Waals surface area contributed by atoms with Crippen LogP contribution in [0.2, 0.25) is 0 Å². The molecule has 3 fully saturated rings. The average molecular weight is 611 g/mol. The molecule has 6 rings (SSSR count). The van der Waals surface area contributed by atoms with Crippen LogP contribution in [0.1, 0.15) is 29.9 Å². The normalized spacial score (nSPS) is 31.9. The highest BCUT2D eigenvalue weighted by Gasteiger charge is 2.76. The van der Waals surface area contributed by atoms with Crippen molar-refractivity contribution in [2.45, 2.75) is 28.5 Å². The summed E-state index contributed by atoms with van der Waals surface area (Å²) >= 11 is 14.4. The van der Waals surface area contributed by atoms with Crippen LogP contribution in [0.15, 0.2) is 54.6 Å². The van der Waals surface area contributed by atoms with Crippen molar-refractivity contribution in [3.63, 3.8) is 0 Å². The molecule has 4 aliphatic rings. The smallest absolute Gasteiger partial charge is 0.253 e. The fourth-order valence-corrected chi connectivity index (χ4v) is 8.24. The monoisotopic (exact) mass is 610 g/mol. The fraction of sp³-hybridized carbons (Fsp3) is 0.355. The minimum absolute atomic E-state index is 0.137. The van der Waals surface area contributed by atoms with Crippen molar-refractivity contribution in [2.75, 3.05) is 26.2 Å². The van der Waals surface area contributed by atoms with E-state index in [1.54, 1.807) is 36.4 Å². The van der Waals surface area contributed by atoms with E-state index in [0.717, 1.165) is 10.5 Å². The minimum atomic E-state index is -2.05. The number of phenols is 1. The van der Waals surface area contributed by atoms with Gasteiger partial charge in [0.1, 0.15) is 17.2 Å². The number of hydrogen-bond acceptors (Lipinski definition) is 7. The number of ether oxygens (including phenoxy) is 2. The Hall–Kier alpha value is -3.82. The molecule has 0 spiro atoms. The number of benzene rings is 2. The molecule has 218 valence electrons. The second-order valence-electron chi connectivity index (χ2n) is 11.1. The van der Waals surface area contributed by atoms with Crippen LogP contribution in [0.5, 0.6) is 17.2 Å². The first-order valence-electron chi connectivity index (χ1n) is 13.4. The highest BCUT2D eigenvalue weighted by Crippen LogP contribution is 2.67. The van der Waals surface area contributed by atoms with Crippen LogP contribution in [-0.2, 0) is 19.2 Å². The van der Waals surface area contributed by atoms with Gasteiger partial charge in [-0.05, 0) is 36.5 Å². The van der Waals surface area contributed by atoms with E-state index >= 15 is 0 Å². The summed E-state index contributed by atoms with van der Waals surface area (Å²) < 4.78 is 10.9. The number of amides is 4. The van der Waals surface area contributed by atoms with Gasteiger partial charge in [0, 0.05) is 30.7 Å². The summed E-state index contributed by atoms with van der Waals surface area (Å²) in [5.74, 6) is -5.53. The number of phenolic OH excluding ortho intramolecular Hbond substituents is 1. The molecule has 0 bridgehead atoms. The first-order valence-corrected chi connectivity index (χ1v) is 14.2. The zero-order chi connectivity index (χ0) is 30.3. The molecule has 4 amide bonds. The average Bonchev–Trinajstić information content (AvgIpc) is 3.32. The van der Waals surface area contributed by atoms with Crippen LogP contribution in [-0.4, -0.2) is 64.7 Å². The van der Waals surface area contributed by atoms with E-state index in [-0.39, 0.29) is 35.8 Å². The van der Waals surface area contributed by atoms with Crippen LogP contribution >= 0.6 is 23.2 Å². The number of alkyl halides is 2. The molecule has 1 N–H and O–H groups in total. The van der Waals surface area contributed by atoms with Gasteiger partial charge in [-0.1, -0.05) is 36.4 Å². The van der Waals surface area contributed by atoms with Crippen molar-refractivity contribution >= 4 is 58.6 Å². The molecule has 2 aliphatic heterocycles. The minimum Gasteiger partial charge on any atom is -0.507 e. The molecule has 42 heavy (non-hydrogen) atoms. The van der Waals surface area contributed by atoms with Crippen molar-refractivity contribution in [3.05, 3.63) is 65.8 Å². The summed E-state index contributed by atoms with van der Waals surface area (Å²) in [6.45, 7) is 3.74. The summed E-state index contributed by atoms with van der Waals surface area (Å²) in [6.07, 6.45) is 3.50. The number of imide groups is 2. The third-order valence-corrected chi connectivity index (χ3v) is 10.7. The summed E-state index contributed by atoms with van der Waals surface area (Å²) in [4.78, 5) is 53.2. The maximum Gasteiger partial charge on any atom is 0.253 e. The van der Waals surface area contributed by atoms with E-state index in [9.17, 15) is 24.3 Å². The highest BCUT2D eigenvalue weighted by atomic mass is 35.5. The van der Waals surface area contributed by atoms with Gasteiger partial charge >= 0.3 is 0 Å². The number of anilines is 1. The lowest BCUT2D eigenvalue weighted by Crippen LogP contribution is -2.60. The number of rotatable bonds is 5. The molecular weight excluding hydrogens is 583 g/mol. The van der Waals surface area contributed by atoms with Crippen molar-refractivity contribution in [1.82, 2.24) is 4.90 Å². The maximum absolute atomic E-state index is 14.1. The van der Waals surface area contributed by atoms with Crippen molar-refractivity contribution < 1.29 is 33.8 Å². The number of carbonyl (C=O) groups excluding carboxylic acids is 4. The summed E-state index contributed by atoms with van der Waals surface area (Å²) in [7, 11) is 4.12. The molecule has 1 saturated carbocycles. The van der Waals surface area contributed by atoms with Crippen molar-refractivity contribution in [1.29, 1.82) is 0 Å². The summed E-state index contributed by atoms with van der Waals surface area (Å²) in [5, 5.41) is 11.3. The number of likely N-dealkylation sites (tertiary alicyclic amines) is 1. The number of carbonyl (C=O) groups is 4. The summed E-state index contributed by atoms with van der Waals surface area (Å²) in [5.41, 5.74) is 1.94. The van der Waals surface area contributed by atoms with E-state index in [2.05, 4.69) is 6.58 Å². The molecule has 2 aromatic carbocycles. The van der Waals surface area contributed by atoms with Crippen LogP contribution in [0.4, 0.5) is 5.69 Å². The standard InChI is InChI=1S/C31H28Cl2N2O7/c1-5-15-6-8-16(9-7-15)35-26(37)19-11-10-18-20(23(19)27(35)38)14-30(32)28(39)34(2)29(40)31(30,33)25(18)24-21(36)12-17(41-3)13-22(24)42-4/h5-10,12-13,19-20,23,25,36H,1,11,14H2,2-4H3. The lowest BCUT2D eigenvalue weighted by molar-refractivity contribution is -0.138. The predicted molar refractivity (Wildman–Crippen MR) is 156 cm³/mol. The number of allylic oxidation sites excluding steroid dienone is 2. The van der Waals surface area contributed by atoms with Gasteiger partial charge in [0.15, 0.2) is 9.75 Å². The Morgan fingerprint density at radius 2 is 1.69 bits per heavy atom. The van der Waals surface area contributed by atoms with E-state index in [1.165, 1.54) is 38.3 Å². The number of fused-ring (bicyclic) bond motifs is 4. The SMILES string of the molecule is C=Cc1ccc(N2C(=O)C3CC=C4C(CC5(Cl)C(=O)N(C)C(=O)C5(Cl)C4c4c(O)cc(OC)cc4OC)C3C2=O)cc1. The lowest BCUT2D eigenvalue weighted by atomic mass is 9.56. The Balaban J connectivity index is 1.54. The fourth-order valence-electron chi connectivity index (χ4n) is 7.24. The van der Waals surface area contributed by atoms with Gasteiger partial charge in [0.2, 0.25) is 11.8 Å². The van der Waals surface area contributed by atoms with E-state index in [4.69, 9.17) is 32.7 Å². The van der Waals surface area contributed by atoms with E-state index in [1.807, 2.05) is 0 Å². The number of nitrogens with zero attached hydrogens (tertiary/aromatic N) is 2. The number of aromatic hydroxyl groups is 1. The molecule has 2 aliphatic carbocycles. The van der Waals surface area contributed by atoms with Gasteiger partial charge in [-0.3, -0.25) is 29.0 Å². The lowest BCUT2D eigenvalue weighted by Gasteiger charge is -2.51. The van der Waals surface area contributed by atoms with Crippen LogP contribution < -0.4 is 14.4 Å². The Morgan fingerprint density at radius 1 is 1.00 bits per heavy atom. The Labute approximate surface area is 252 Å². The quantitative estimate of drug-likeness (QED) is 0.306. The molecule has 0 radical (unpaired) electrons. The third-order valence-electron chi connectivity index (χ3n) is 9.24. The first-order chi connectivity index (χ1) is 19.9. The summed E-state index contributed by atoms with van der Waals surface area (Å²) in [6, 6.07) is 9.78. The van der Waals surface area contributed by atoms with Gasteiger partial charge in [0.05, 0.1) is 31.7 Å². The Bertz CT molecular complexity index is 1600. The third kappa shape index (κ3) is 3.50. The molecule has 6 atom stereocenters. The molecule has 0 aromatic heterocycles. The van der Waals surface area contributed by atoms with Crippen LogP contribution in [0, 0.1) is 17.8 Å². The zero-order valence-electron chi connectivity index (χ0n) is 23.1. The van der Waals surface area contributed by atoms with E-state index < -0.39 is 51.1 Å². The second-order valence-corrected chi connectivity index (χ2v) is 12.3. The predicted octanol–water partition coefficient (Wildman–Crippen LogP) is 4.25. The van der Waals surface area contributed by atoms with Gasteiger partial charge in [-0.2, -0.15) is 0 Å². The molecule has 11 heteroatoms. The second kappa shape index (κ2) is 9.61. The molecule has 9 nitrogen and oxygen atoms in total. The van der Waals surface area contributed by atoms with E-state index in [0.29, 0.717) is 17.0 Å². The highest BCUT2D eigenvalue weighted by molar-refractivity contribution is 6.53. The van der Waals surface area contributed by atoms with Crippen molar-refractivity contribution in [3.8, 4) is 17.2 Å². The molecule has 6 unspecified atom stereocenters. The van der Waals surface area contributed by atoms with Crippen LogP contribution in [0.25, 0.3) is 6.08 Å². The van der Waals surface area contributed by atoms with Gasteiger partial charge in [-0.15, -0.1) is 23.2 Å². The number of hydrogen-bond donors (Lipinski definition) is 1. The van der Waals surface area contributed by atoms with Crippen LogP contribution in [0.3, 0.4) is 0 Å². The first kappa shape index (κ1) is 28.3. The van der Waals surface area contributed by atoms with Gasteiger partial charge in [0.25, 0.3) is 11.8 Å². The Morgan fingerprint density at radius 3 is 2.31 bits per heavy atom. The largest absolute Gasteiger partial charge is 0.507 e. The Kier molecular flexibility index (Phi) is 6.47. The molecule has 2 aromatic rings. The molecular formula is C31H28Cl2N2O7. The topological polar surface area (TPSA) is 113 Å². The van der Waals surface area contributed by atoms with Gasteiger partial charge < -0.3 is 14.6 Å². The number of methoxy groups -OCH3 is 2. The number of halogens is 2. The molecule has 2 saturated heterocycles. The van der Waals surface area contributed by atoms with Gasteiger partial charge in [-0.25, -0.2) is 0 Å². The zero-order valence-corrected chi connectivity index (χ0v) is 24.6. The maximum atomic E-state index is 14.1. The van der Waals surface area contributed by atoms with Crippen molar-refractivity contribution in [2.24, 2.45) is 17.8 Å².